The SMILES string of the molecule is C=CCOC(=O)[C@@H]1Cc2cccnc2N1. The number of rotatable bonds is 3. The summed E-state index contributed by atoms with van der Waals surface area (Å²) in [6.45, 7) is 3.74. The largest absolute Gasteiger partial charge is 0.460 e. The summed E-state index contributed by atoms with van der Waals surface area (Å²) in [5.41, 5.74) is 1.05. The summed E-state index contributed by atoms with van der Waals surface area (Å²) in [7, 11) is 0. The first-order chi connectivity index (χ1) is 7.31. The zero-order valence-electron chi connectivity index (χ0n) is 8.27. The molecule has 0 amide bonds. The van der Waals surface area contributed by atoms with Gasteiger partial charge in [0.25, 0.3) is 0 Å². The average molecular weight is 204 g/mol. The monoisotopic (exact) mass is 204 g/mol. The summed E-state index contributed by atoms with van der Waals surface area (Å²) in [4.78, 5) is 15.6. The summed E-state index contributed by atoms with van der Waals surface area (Å²) in [6.07, 6.45) is 3.89. The molecule has 0 bridgehead atoms. The van der Waals surface area contributed by atoms with E-state index in [9.17, 15) is 4.79 Å². The number of carbonyl (C=O) groups excluding carboxylic acids is 1. The van der Waals surface area contributed by atoms with E-state index < -0.39 is 0 Å². The molecule has 0 aliphatic carbocycles. The second-order valence-electron chi connectivity index (χ2n) is 3.33. The maximum atomic E-state index is 11.5. The maximum absolute atomic E-state index is 11.5. The average Bonchev–Trinajstić information content (AvgIpc) is 2.69. The molecule has 4 nitrogen and oxygen atoms in total. The summed E-state index contributed by atoms with van der Waals surface area (Å²) >= 11 is 0. The fourth-order valence-corrected chi connectivity index (χ4v) is 1.55. The van der Waals surface area contributed by atoms with Crippen molar-refractivity contribution >= 4 is 11.8 Å². The molecular weight excluding hydrogens is 192 g/mol. The Balaban J connectivity index is 2.00. The van der Waals surface area contributed by atoms with Gasteiger partial charge in [-0.05, 0) is 11.6 Å². The first-order valence-corrected chi connectivity index (χ1v) is 4.79. The van der Waals surface area contributed by atoms with E-state index in [0.717, 1.165) is 11.4 Å². The topological polar surface area (TPSA) is 51.2 Å². The Bertz CT molecular complexity index is 365. The third-order valence-electron chi connectivity index (χ3n) is 2.25. The number of anilines is 1. The van der Waals surface area contributed by atoms with Crippen LogP contribution in [0.2, 0.25) is 0 Å². The third kappa shape index (κ3) is 1.98. The fraction of sp³-hybridized carbons (Fsp3) is 0.273. The van der Waals surface area contributed by atoms with Crippen LogP contribution in [0.1, 0.15) is 5.56 Å². The molecule has 1 aliphatic heterocycles. The predicted octanol–water partition coefficient (Wildman–Crippen LogP) is 1.15. The molecule has 78 valence electrons. The predicted molar refractivity (Wildman–Crippen MR) is 56.5 cm³/mol. The lowest BCUT2D eigenvalue weighted by molar-refractivity contribution is -0.143. The Morgan fingerprint density at radius 1 is 1.80 bits per heavy atom. The number of carbonyl (C=O) groups is 1. The van der Waals surface area contributed by atoms with Gasteiger partial charge in [0.05, 0.1) is 0 Å². The number of pyridine rings is 1. The molecule has 0 aromatic carbocycles. The first-order valence-electron chi connectivity index (χ1n) is 4.79. The Labute approximate surface area is 88.0 Å². The van der Waals surface area contributed by atoms with E-state index in [1.54, 1.807) is 12.3 Å². The molecule has 0 saturated heterocycles. The molecular formula is C11H12N2O2. The van der Waals surface area contributed by atoms with Crippen LogP contribution in [0.25, 0.3) is 0 Å². The second-order valence-corrected chi connectivity index (χ2v) is 3.33. The zero-order chi connectivity index (χ0) is 10.7. The van der Waals surface area contributed by atoms with Gasteiger partial charge >= 0.3 is 5.97 Å². The summed E-state index contributed by atoms with van der Waals surface area (Å²) < 4.78 is 4.96. The van der Waals surface area contributed by atoms with Gasteiger partial charge in [-0.2, -0.15) is 0 Å². The Hall–Kier alpha value is -1.84. The minimum atomic E-state index is -0.310. The zero-order valence-corrected chi connectivity index (χ0v) is 8.27. The number of hydrogen-bond donors (Lipinski definition) is 1. The van der Waals surface area contributed by atoms with E-state index in [4.69, 9.17) is 4.74 Å². The smallest absolute Gasteiger partial charge is 0.329 e. The van der Waals surface area contributed by atoms with E-state index in [0.29, 0.717) is 6.42 Å². The molecule has 1 N–H and O–H groups in total. The Morgan fingerprint density at radius 3 is 3.40 bits per heavy atom. The van der Waals surface area contributed by atoms with Crippen molar-refractivity contribution in [2.24, 2.45) is 0 Å². The molecule has 1 aromatic heterocycles. The van der Waals surface area contributed by atoms with Gasteiger partial charge in [0.15, 0.2) is 0 Å². The van der Waals surface area contributed by atoms with Crippen LogP contribution in [0.4, 0.5) is 5.82 Å². The molecule has 2 rings (SSSR count). The lowest BCUT2D eigenvalue weighted by Gasteiger charge is -2.08. The van der Waals surface area contributed by atoms with Crippen molar-refractivity contribution < 1.29 is 9.53 Å². The van der Waals surface area contributed by atoms with E-state index in [1.165, 1.54) is 0 Å². The van der Waals surface area contributed by atoms with Crippen molar-refractivity contribution in [1.29, 1.82) is 0 Å². The minimum Gasteiger partial charge on any atom is -0.460 e. The fourth-order valence-electron chi connectivity index (χ4n) is 1.55. The molecule has 0 fully saturated rings. The van der Waals surface area contributed by atoms with Gasteiger partial charge in [-0.25, -0.2) is 9.78 Å². The molecule has 0 radical (unpaired) electrons. The van der Waals surface area contributed by atoms with Crippen LogP contribution >= 0.6 is 0 Å². The van der Waals surface area contributed by atoms with E-state index >= 15 is 0 Å². The molecule has 0 unspecified atom stereocenters. The molecule has 4 heteroatoms. The normalized spacial score (nSPS) is 17.7. The summed E-state index contributed by atoms with van der Waals surface area (Å²) in [6, 6.07) is 3.50. The summed E-state index contributed by atoms with van der Waals surface area (Å²) in [5.74, 6) is 0.519. The highest BCUT2D eigenvalue weighted by molar-refractivity contribution is 5.82. The maximum Gasteiger partial charge on any atom is 0.329 e. The molecule has 0 spiro atoms. The van der Waals surface area contributed by atoms with E-state index in [1.807, 2.05) is 12.1 Å². The van der Waals surface area contributed by atoms with Gasteiger partial charge in [-0.1, -0.05) is 18.7 Å². The van der Waals surface area contributed by atoms with Gasteiger partial charge in [0, 0.05) is 12.6 Å². The van der Waals surface area contributed by atoms with Crippen molar-refractivity contribution in [1.82, 2.24) is 4.98 Å². The number of esters is 1. The lowest BCUT2D eigenvalue weighted by atomic mass is 10.1. The summed E-state index contributed by atoms with van der Waals surface area (Å²) in [5, 5.41) is 3.02. The van der Waals surface area contributed by atoms with E-state index in [-0.39, 0.29) is 18.6 Å². The number of nitrogens with zero attached hydrogens (tertiary/aromatic N) is 1. The highest BCUT2D eigenvalue weighted by Gasteiger charge is 2.28. The van der Waals surface area contributed by atoms with Gasteiger partial charge in [-0.15, -0.1) is 0 Å². The van der Waals surface area contributed by atoms with Gasteiger partial charge in [0.1, 0.15) is 18.5 Å². The third-order valence-corrected chi connectivity index (χ3v) is 2.25. The van der Waals surface area contributed by atoms with Crippen molar-refractivity contribution in [2.75, 3.05) is 11.9 Å². The highest BCUT2D eigenvalue weighted by atomic mass is 16.5. The quantitative estimate of drug-likeness (QED) is 0.592. The van der Waals surface area contributed by atoms with Gasteiger partial charge in [-0.3, -0.25) is 0 Å². The number of hydrogen-bond acceptors (Lipinski definition) is 4. The molecule has 1 aromatic rings. The molecule has 1 aliphatic rings. The molecule has 1 atom stereocenters. The second kappa shape index (κ2) is 4.13. The lowest BCUT2D eigenvalue weighted by Crippen LogP contribution is -2.29. The molecule has 2 heterocycles. The van der Waals surface area contributed by atoms with Crippen LogP contribution < -0.4 is 5.32 Å². The van der Waals surface area contributed by atoms with Crippen molar-refractivity contribution in [2.45, 2.75) is 12.5 Å². The Kier molecular flexibility index (Phi) is 2.67. The van der Waals surface area contributed by atoms with E-state index in [2.05, 4.69) is 16.9 Å². The standard InChI is InChI=1S/C11H12N2O2/c1-2-6-15-11(14)9-7-8-4-3-5-12-10(8)13-9/h2-5,9H,1,6-7H2,(H,12,13)/t9-/m0/s1. The number of fused-ring (bicyclic) bond motifs is 1. The minimum absolute atomic E-state index is 0.251. The number of nitrogens with one attached hydrogen (secondary N) is 1. The molecule has 0 saturated carbocycles. The van der Waals surface area contributed by atoms with Crippen LogP contribution in [-0.2, 0) is 16.0 Å². The Morgan fingerprint density at radius 2 is 2.67 bits per heavy atom. The van der Waals surface area contributed by atoms with Crippen molar-refractivity contribution in [3.63, 3.8) is 0 Å². The first kappa shape index (κ1) is 9.71. The van der Waals surface area contributed by atoms with Crippen LogP contribution in [0, 0.1) is 0 Å². The van der Waals surface area contributed by atoms with Crippen LogP contribution in [0.5, 0.6) is 0 Å². The van der Waals surface area contributed by atoms with Crippen molar-refractivity contribution in [3.8, 4) is 0 Å². The van der Waals surface area contributed by atoms with Crippen LogP contribution in [0.15, 0.2) is 31.0 Å². The number of aromatic nitrogens is 1. The molecule has 15 heavy (non-hydrogen) atoms. The van der Waals surface area contributed by atoms with Crippen LogP contribution in [0.3, 0.4) is 0 Å². The van der Waals surface area contributed by atoms with Gasteiger partial charge < -0.3 is 10.1 Å². The highest BCUT2D eigenvalue weighted by Crippen LogP contribution is 2.22. The van der Waals surface area contributed by atoms with Crippen LogP contribution in [-0.4, -0.2) is 23.6 Å². The van der Waals surface area contributed by atoms with Gasteiger partial charge in [0.2, 0.25) is 0 Å². The number of ether oxygens (including phenoxy) is 1. The van der Waals surface area contributed by atoms with Crippen molar-refractivity contribution in [3.05, 3.63) is 36.5 Å².